The van der Waals surface area contributed by atoms with Gasteiger partial charge in [-0.25, -0.2) is 0 Å². The number of piperazine rings is 1. The van der Waals surface area contributed by atoms with E-state index in [0.29, 0.717) is 6.54 Å². The van der Waals surface area contributed by atoms with Crippen molar-refractivity contribution in [3.05, 3.63) is 29.3 Å². The Hall–Kier alpha value is -1.39. The summed E-state index contributed by atoms with van der Waals surface area (Å²) in [5.74, 6) is -0.0631. The minimum atomic E-state index is -0.524. The summed E-state index contributed by atoms with van der Waals surface area (Å²) in [6, 6.07) is 5.59. The topological polar surface area (TPSA) is 52.6 Å². The molecule has 0 radical (unpaired) electrons. The SMILES string of the molecule is Cc1cc(C)cc(N2CC(C)(C)NC(CO)C2=O)c1. The van der Waals surface area contributed by atoms with Crippen molar-refractivity contribution in [1.82, 2.24) is 5.32 Å². The molecule has 0 spiro atoms. The zero-order chi connectivity index (χ0) is 14.2. The highest BCUT2D eigenvalue weighted by Gasteiger charge is 2.38. The normalized spacial score (nSPS) is 22.7. The fourth-order valence-corrected chi connectivity index (χ4v) is 2.69. The summed E-state index contributed by atoms with van der Waals surface area (Å²) in [6.07, 6.45) is 0. The number of carbonyl (C=O) groups is 1. The second-order valence-corrected chi connectivity index (χ2v) is 6.03. The summed E-state index contributed by atoms with van der Waals surface area (Å²) in [7, 11) is 0. The Morgan fingerprint density at radius 2 is 1.89 bits per heavy atom. The second kappa shape index (κ2) is 4.94. The van der Waals surface area contributed by atoms with Crippen molar-refractivity contribution in [3.8, 4) is 0 Å². The highest BCUT2D eigenvalue weighted by atomic mass is 16.3. The number of anilines is 1. The zero-order valence-electron chi connectivity index (χ0n) is 12.0. The number of hydrogen-bond donors (Lipinski definition) is 2. The first-order valence-electron chi connectivity index (χ1n) is 6.60. The third-order valence-electron chi connectivity index (χ3n) is 3.38. The first kappa shape index (κ1) is 14.0. The number of amides is 1. The molecule has 104 valence electrons. The van der Waals surface area contributed by atoms with Gasteiger partial charge in [0.15, 0.2) is 0 Å². The van der Waals surface area contributed by atoms with E-state index in [1.807, 2.05) is 39.8 Å². The molecule has 1 saturated heterocycles. The maximum atomic E-state index is 12.4. The van der Waals surface area contributed by atoms with Crippen molar-refractivity contribution in [1.29, 1.82) is 0 Å². The van der Waals surface area contributed by atoms with Gasteiger partial charge in [-0.3, -0.25) is 10.1 Å². The van der Waals surface area contributed by atoms with Crippen LogP contribution in [-0.2, 0) is 4.79 Å². The van der Waals surface area contributed by atoms with Gasteiger partial charge >= 0.3 is 0 Å². The van der Waals surface area contributed by atoms with Crippen molar-refractivity contribution in [3.63, 3.8) is 0 Å². The van der Waals surface area contributed by atoms with E-state index in [1.54, 1.807) is 4.90 Å². The average Bonchev–Trinajstić information content (AvgIpc) is 2.30. The summed E-state index contributed by atoms with van der Waals surface area (Å²) in [5.41, 5.74) is 2.98. The van der Waals surface area contributed by atoms with Gasteiger partial charge in [-0.05, 0) is 51.0 Å². The molecule has 1 aromatic carbocycles. The molecule has 1 unspecified atom stereocenters. The first-order chi connectivity index (χ1) is 8.82. The first-order valence-corrected chi connectivity index (χ1v) is 6.60. The minimum absolute atomic E-state index is 0.0631. The Balaban J connectivity index is 2.38. The number of benzene rings is 1. The lowest BCUT2D eigenvalue weighted by molar-refractivity contribution is -0.124. The van der Waals surface area contributed by atoms with Crippen molar-refractivity contribution in [2.45, 2.75) is 39.3 Å². The lowest BCUT2D eigenvalue weighted by Crippen LogP contribution is -2.66. The van der Waals surface area contributed by atoms with E-state index in [-0.39, 0.29) is 18.1 Å². The van der Waals surface area contributed by atoms with E-state index < -0.39 is 6.04 Å². The number of aliphatic hydroxyl groups is 1. The molecule has 2 N–H and O–H groups in total. The molecule has 4 nitrogen and oxygen atoms in total. The van der Waals surface area contributed by atoms with Gasteiger partial charge in [-0.2, -0.15) is 0 Å². The fourth-order valence-electron chi connectivity index (χ4n) is 2.69. The summed E-state index contributed by atoms with van der Waals surface area (Å²) in [5, 5.41) is 12.5. The van der Waals surface area contributed by atoms with Crippen LogP contribution >= 0.6 is 0 Å². The maximum Gasteiger partial charge on any atom is 0.246 e. The molecule has 1 heterocycles. The van der Waals surface area contributed by atoms with Crippen molar-refractivity contribution >= 4 is 11.6 Å². The van der Waals surface area contributed by atoms with E-state index in [1.165, 1.54) is 0 Å². The number of hydrogen-bond acceptors (Lipinski definition) is 3. The Kier molecular flexibility index (Phi) is 3.65. The quantitative estimate of drug-likeness (QED) is 0.846. The van der Waals surface area contributed by atoms with Gasteiger partial charge in [0.25, 0.3) is 0 Å². The average molecular weight is 262 g/mol. The van der Waals surface area contributed by atoms with Gasteiger partial charge in [0, 0.05) is 17.8 Å². The van der Waals surface area contributed by atoms with Crippen LogP contribution in [0.4, 0.5) is 5.69 Å². The molecule has 1 aliphatic heterocycles. The Labute approximate surface area is 114 Å². The van der Waals surface area contributed by atoms with Crippen LogP contribution in [0.5, 0.6) is 0 Å². The number of carbonyl (C=O) groups excluding carboxylic acids is 1. The van der Waals surface area contributed by atoms with Gasteiger partial charge in [0.1, 0.15) is 6.04 Å². The summed E-state index contributed by atoms with van der Waals surface area (Å²) in [6.45, 7) is 8.56. The molecule has 2 rings (SSSR count). The summed E-state index contributed by atoms with van der Waals surface area (Å²) in [4.78, 5) is 14.1. The Bertz CT molecular complexity index is 477. The molecule has 1 fully saturated rings. The standard InChI is InChI=1S/C15H22N2O2/c1-10-5-11(2)7-12(6-10)17-9-15(3,4)16-13(8-18)14(17)19/h5-7,13,16,18H,8-9H2,1-4H3. The molecule has 1 aromatic rings. The van der Waals surface area contributed by atoms with Crippen LogP contribution in [0.25, 0.3) is 0 Å². The molecule has 1 atom stereocenters. The largest absolute Gasteiger partial charge is 0.394 e. The molecule has 1 amide bonds. The summed E-state index contributed by atoms with van der Waals surface area (Å²) >= 11 is 0. The van der Waals surface area contributed by atoms with Gasteiger partial charge in [0.05, 0.1) is 6.61 Å². The van der Waals surface area contributed by atoms with Crippen LogP contribution < -0.4 is 10.2 Å². The molecule has 4 heteroatoms. The number of aliphatic hydroxyl groups excluding tert-OH is 1. The van der Waals surface area contributed by atoms with Crippen LogP contribution in [0, 0.1) is 13.8 Å². The van der Waals surface area contributed by atoms with Gasteiger partial charge in [-0.1, -0.05) is 6.07 Å². The van der Waals surface area contributed by atoms with E-state index in [2.05, 4.69) is 11.4 Å². The molecule has 0 saturated carbocycles. The predicted octanol–water partition coefficient (Wildman–Crippen LogP) is 1.38. The molecular formula is C15H22N2O2. The van der Waals surface area contributed by atoms with Crippen LogP contribution in [0.3, 0.4) is 0 Å². The van der Waals surface area contributed by atoms with E-state index in [9.17, 15) is 9.90 Å². The van der Waals surface area contributed by atoms with Crippen molar-refractivity contribution in [2.24, 2.45) is 0 Å². The summed E-state index contributed by atoms with van der Waals surface area (Å²) < 4.78 is 0. The van der Waals surface area contributed by atoms with Crippen LogP contribution in [0.1, 0.15) is 25.0 Å². The fraction of sp³-hybridized carbons (Fsp3) is 0.533. The number of rotatable bonds is 2. The van der Waals surface area contributed by atoms with Crippen LogP contribution in [-0.4, -0.2) is 35.7 Å². The smallest absolute Gasteiger partial charge is 0.246 e. The maximum absolute atomic E-state index is 12.4. The minimum Gasteiger partial charge on any atom is -0.394 e. The Morgan fingerprint density at radius 1 is 1.32 bits per heavy atom. The van der Waals surface area contributed by atoms with Crippen LogP contribution in [0.15, 0.2) is 18.2 Å². The highest BCUT2D eigenvalue weighted by molar-refractivity contribution is 5.98. The van der Waals surface area contributed by atoms with Crippen molar-refractivity contribution in [2.75, 3.05) is 18.1 Å². The molecule has 19 heavy (non-hydrogen) atoms. The predicted molar refractivity (Wildman–Crippen MR) is 76.4 cm³/mol. The highest BCUT2D eigenvalue weighted by Crippen LogP contribution is 2.25. The molecule has 0 bridgehead atoms. The lowest BCUT2D eigenvalue weighted by Gasteiger charge is -2.42. The number of nitrogens with zero attached hydrogens (tertiary/aromatic N) is 1. The zero-order valence-corrected chi connectivity index (χ0v) is 12.0. The van der Waals surface area contributed by atoms with Gasteiger partial charge in [0.2, 0.25) is 5.91 Å². The van der Waals surface area contributed by atoms with Gasteiger partial charge in [-0.15, -0.1) is 0 Å². The van der Waals surface area contributed by atoms with Crippen LogP contribution in [0.2, 0.25) is 0 Å². The number of nitrogens with one attached hydrogen (secondary N) is 1. The third-order valence-corrected chi connectivity index (χ3v) is 3.38. The molecule has 1 aliphatic rings. The third kappa shape index (κ3) is 2.96. The van der Waals surface area contributed by atoms with E-state index in [0.717, 1.165) is 16.8 Å². The second-order valence-electron chi connectivity index (χ2n) is 6.03. The van der Waals surface area contributed by atoms with E-state index >= 15 is 0 Å². The lowest BCUT2D eigenvalue weighted by atomic mass is 9.97. The number of aryl methyl sites for hydroxylation is 2. The van der Waals surface area contributed by atoms with Gasteiger partial charge < -0.3 is 10.0 Å². The molecular weight excluding hydrogens is 240 g/mol. The molecule has 0 aliphatic carbocycles. The monoisotopic (exact) mass is 262 g/mol. The Morgan fingerprint density at radius 3 is 2.42 bits per heavy atom. The van der Waals surface area contributed by atoms with E-state index in [4.69, 9.17) is 0 Å². The van der Waals surface area contributed by atoms with Crippen molar-refractivity contribution < 1.29 is 9.90 Å². The molecule has 0 aromatic heterocycles.